The van der Waals surface area contributed by atoms with Crippen molar-refractivity contribution in [1.29, 1.82) is 0 Å². The summed E-state index contributed by atoms with van der Waals surface area (Å²) in [7, 11) is 3.31. The lowest BCUT2D eigenvalue weighted by Gasteiger charge is -2.29. The first-order valence-corrected chi connectivity index (χ1v) is 16.8. The molecule has 1 fully saturated rings. The zero-order valence-electron chi connectivity index (χ0n) is 27.5. The van der Waals surface area contributed by atoms with Gasteiger partial charge in [0, 0.05) is 64.7 Å². The van der Waals surface area contributed by atoms with Gasteiger partial charge in [-0.05, 0) is 54.7 Å². The minimum atomic E-state index is -0.440. The second kappa shape index (κ2) is 13.9. The fourth-order valence-electron chi connectivity index (χ4n) is 7.19. The zero-order chi connectivity index (χ0) is 33.0. The van der Waals surface area contributed by atoms with Crippen LogP contribution < -0.4 is 20.5 Å². The summed E-state index contributed by atoms with van der Waals surface area (Å²) in [6, 6.07) is 21.8. The van der Waals surface area contributed by atoms with E-state index in [2.05, 4.69) is 56.4 Å². The highest BCUT2D eigenvalue weighted by molar-refractivity contribution is 5.84. The average Bonchev–Trinajstić information content (AvgIpc) is 3.84. The van der Waals surface area contributed by atoms with E-state index in [1.54, 1.807) is 14.2 Å². The lowest BCUT2D eigenvalue weighted by Crippen LogP contribution is -2.45. The van der Waals surface area contributed by atoms with Crippen LogP contribution in [-0.2, 0) is 30.6 Å². The van der Waals surface area contributed by atoms with Crippen molar-refractivity contribution in [2.45, 2.75) is 63.6 Å². The topological polar surface area (TPSA) is 136 Å². The third-order valence-corrected chi connectivity index (χ3v) is 9.85. The van der Waals surface area contributed by atoms with E-state index in [4.69, 9.17) is 25.4 Å². The Morgan fingerprint density at radius 1 is 0.896 bits per heavy atom. The number of carbonyl (C=O) groups excluding carboxylic acids is 1. The van der Waals surface area contributed by atoms with Crippen molar-refractivity contribution in [1.82, 2.24) is 30.0 Å². The van der Waals surface area contributed by atoms with Gasteiger partial charge in [-0.2, -0.15) is 0 Å². The van der Waals surface area contributed by atoms with E-state index >= 15 is 0 Å². The van der Waals surface area contributed by atoms with Crippen molar-refractivity contribution in [2.75, 3.05) is 14.2 Å². The third-order valence-electron chi connectivity index (χ3n) is 9.85. The second-order valence-electron chi connectivity index (χ2n) is 12.8. The van der Waals surface area contributed by atoms with E-state index in [1.165, 1.54) is 10.9 Å². The molecule has 0 saturated heterocycles. The Labute approximate surface area is 280 Å². The maximum Gasteiger partial charge on any atom is 0.225 e. The van der Waals surface area contributed by atoms with Crippen LogP contribution in [0.2, 0.25) is 0 Å². The van der Waals surface area contributed by atoms with Gasteiger partial charge in [-0.3, -0.25) is 4.79 Å². The smallest absolute Gasteiger partial charge is 0.225 e. The molecule has 1 aliphatic rings. The molecule has 1 amide bonds. The minimum absolute atomic E-state index is 0.0241. The van der Waals surface area contributed by atoms with Crippen LogP contribution in [0.1, 0.15) is 60.1 Å². The lowest BCUT2D eigenvalue weighted by molar-refractivity contribution is -0.127. The molecule has 10 nitrogen and oxygen atoms in total. The highest BCUT2D eigenvalue weighted by Gasteiger charge is 2.32. The average molecular weight is 646 g/mol. The Kier molecular flexibility index (Phi) is 9.16. The van der Waals surface area contributed by atoms with E-state index < -0.39 is 6.04 Å². The number of ether oxygens (including phenoxy) is 2. The molecule has 1 aliphatic carbocycles. The minimum Gasteiger partial charge on any atom is -0.497 e. The number of para-hydroxylation sites is 2. The van der Waals surface area contributed by atoms with E-state index in [1.807, 2.05) is 42.6 Å². The number of methoxy groups -OCH3 is 2. The SMILES string of the molecule is COc1ccc(Cn2c(CCc3c[nH]c4ccccc34)nnc2[C@@H](Cc2c[nH]c3ccccc23)NC(=O)[C@@H]2CCCC[C@H]2N)c(OC)c1. The van der Waals surface area contributed by atoms with Crippen LogP contribution in [0.4, 0.5) is 0 Å². The van der Waals surface area contributed by atoms with Crippen LogP contribution in [0.15, 0.2) is 79.1 Å². The summed E-state index contributed by atoms with van der Waals surface area (Å²) in [6.07, 6.45) is 9.79. The molecule has 6 aromatic rings. The highest BCUT2D eigenvalue weighted by Crippen LogP contribution is 2.31. The van der Waals surface area contributed by atoms with Crippen LogP contribution in [0, 0.1) is 5.92 Å². The molecule has 10 heteroatoms. The highest BCUT2D eigenvalue weighted by atomic mass is 16.5. The number of nitrogens with zero attached hydrogens (tertiary/aromatic N) is 3. The summed E-state index contributed by atoms with van der Waals surface area (Å²) in [5, 5.41) is 15.3. The van der Waals surface area contributed by atoms with E-state index in [-0.39, 0.29) is 17.9 Å². The number of hydrogen-bond donors (Lipinski definition) is 4. The Morgan fingerprint density at radius 2 is 1.60 bits per heavy atom. The molecule has 7 rings (SSSR count). The fourth-order valence-corrected chi connectivity index (χ4v) is 7.19. The van der Waals surface area contributed by atoms with Crippen LogP contribution in [0.25, 0.3) is 21.8 Å². The van der Waals surface area contributed by atoms with E-state index in [0.29, 0.717) is 36.7 Å². The molecule has 48 heavy (non-hydrogen) atoms. The maximum atomic E-state index is 13.9. The monoisotopic (exact) mass is 645 g/mol. The van der Waals surface area contributed by atoms with Gasteiger partial charge >= 0.3 is 0 Å². The Morgan fingerprint density at radius 3 is 2.33 bits per heavy atom. The summed E-state index contributed by atoms with van der Waals surface area (Å²) in [4.78, 5) is 20.7. The van der Waals surface area contributed by atoms with E-state index in [9.17, 15) is 4.79 Å². The molecule has 0 bridgehead atoms. The number of hydrogen-bond acceptors (Lipinski definition) is 6. The molecule has 0 spiro atoms. The van der Waals surface area contributed by atoms with Crippen LogP contribution in [0.3, 0.4) is 0 Å². The summed E-state index contributed by atoms with van der Waals surface area (Å²) in [5.74, 6) is 2.70. The predicted molar refractivity (Wildman–Crippen MR) is 187 cm³/mol. The number of aromatic amines is 2. The Hall–Kier alpha value is -5.09. The van der Waals surface area contributed by atoms with Gasteiger partial charge in [-0.1, -0.05) is 49.2 Å². The largest absolute Gasteiger partial charge is 0.497 e. The number of benzene rings is 3. The summed E-state index contributed by atoms with van der Waals surface area (Å²) in [5.41, 5.74) is 11.9. The van der Waals surface area contributed by atoms with Crippen molar-refractivity contribution in [2.24, 2.45) is 11.7 Å². The Balaban J connectivity index is 1.28. The third kappa shape index (κ3) is 6.40. The number of rotatable bonds is 12. The quantitative estimate of drug-likeness (QED) is 0.129. The van der Waals surface area contributed by atoms with Crippen LogP contribution in [-0.4, -0.2) is 50.9 Å². The Bertz CT molecular complexity index is 2030. The van der Waals surface area contributed by atoms with Crippen molar-refractivity contribution >= 4 is 27.7 Å². The first-order chi connectivity index (χ1) is 23.5. The first-order valence-electron chi connectivity index (χ1n) is 16.8. The van der Waals surface area contributed by atoms with Gasteiger partial charge in [0.25, 0.3) is 0 Å². The number of carbonyl (C=O) groups is 1. The van der Waals surface area contributed by atoms with E-state index in [0.717, 1.165) is 65.5 Å². The van der Waals surface area contributed by atoms with Crippen LogP contribution >= 0.6 is 0 Å². The van der Waals surface area contributed by atoms with Crippen molar-refractivity contribution in [3.05, 3.63) is 107 Å². The maximum absolute atomic E-state index is 13.9. The molecule has 0 radical (unpaired) electrons. The van der Waals surface area contributed by atoms with Gasteiger partial charge in [-0.25, -0.2) is 0 Å². The number of nitrogens with one attached hydrogen (secondary N) is 3. The number of fused-ring (bicyclic) bond motifs is 2. The molecule has 3 aromatic carbocycles. The van der Waals surface area contributed by atoms with Crippen molar-refractivity contribution < 1.29 is 14.3 Å². The molecular formula is C38H43N7O3. The molecule has 5 N–H and O–H groups in total. The van der Waals surface area contributed by atoms with Crippen molar-refractivity contribution in [3.63, 3.8) is 0 Å². The second-order valence-corrected chi connectivity index (χ2v) is 12.8. The molecule has 3 aromatic heterocycles. The molecule has 3 atom stereocenters. The summed E-state index contributed by atoms with van der Waals surface area (Å²) < 4.78 is 13.4. The van der Waals surface area contributed by atoms with Gasteiger partial charge in [0.05, 0.1) is 32.7 Å². The standard InChI is InChI=1S/C38H43N7O3/c1-47-27-17-15-25(35(20-27)48-2)23-45-36(18-16-24-21-40-32-13-7-4-9-28(24)32)43-44-37(45)34(42-38(46)30-11-3-6-12-31(30)39)19-26-22-41-33-14-8-5-10-29(26)33/h4-5,7-10,13-15,17,20-22,30-31,34,40-41H,3,6,11-12,16,18-19,23,39H2,1-2H3,(H,42,46)/t30-,31-,34-/m1/s1. The van der Waals surface area contributed by atoms with Gasteiger partial charge < -0.3 is 35.1 Å². The molecule has 1 saturated carbocycles. The number of nitrogens with two attached hydrogens (primary N) is 1. The molecule has 248 valence electrons. The number of H-pyrrole nitrogens is 2. The fraction of sp³-hybridized carbons (Fsp3) is 0.342. The van der Waals surface area contributed by atoms with Gasteiger partial charge in [0.15, 0.2) is 5.82 Å². The number of aryl methyl sites for hydroxylation is 2. The zero-order valence-corrected chi connectivity index (χ0v) is 27.5. The number of amides is 1. The van der Waals surface area contributed by atoms with Gasteiger partial charge in [-0.15, -0.1) is 10.2 Å². The van der Waals surface area contributed by atoms with Crippen LogP contribution in [0.5, 0.6) is 11.5 Å². The molecular weight excluding hydrogens is 602 g/mol. The van der Waals surface area contributed by atoms with Gasteiger partial charge in [0.2, 0.25) is 5.91 Å². The molecule has 0 aliphatic heterocycles. The normalized spacial score (nSPS) is 17.1. The first kappa shape index (κ1) is 31.5. The van der Waals surface area contributed by atoms with Crippen molar-refractivity contribution in [3.8, 4) is 11.5 Å². The summed E-state index contributed by atoms with van der Waals surface area (Å²) in [6.45, 7) is 0.460. The molecule has 3 heterocycles. The number of aromatic nitrogens is 5. The lowest BCUT2D eigenvalue weighted by atomic mass is 9.84. The molecule has 0 unspecified atom stereocenters. The summed E-state index contributed by atoms with van der Waals surface area (Å²) >= 11 is 0. The predicted octanol–water partition coefficient (Wildman–Crippen LogP) is 6.01. The van der Waals surface area contributed by atoms with Gasteiger partial charge in [0.1, 0.15) is 17.3 Å².